The number of carbonyl (C=O) groups excluding carboxylic acids is 1. The van der Waals surface area contributed by atoms with E-state index in [9.17, 15) is 13.6 Å². The van der Waals surface area contributed by atoms with Crippen LogP contribution in [0, 0.1) is 12.3 Å². The first kappa shape index (κ1) is 15.3. The molecule has 1 aromatic carbocycles. The highest BCUT2D eigenvalue weighted by atomic mass is 19.3. The summed E-state index contributed by atoms with van der Waals surface area (Å²) in [7, 11) is 0. The minimum Gasteiger partial charge on any atom is -0.445 e. The Kier molecular flexibility index (Phi) is 4.46. The van der Waals surface area contributed by atoms with Gasteiger partial charge in [-0.25, -0.2) is 13.6 Å². The second-order valence-corrected chi connectivity index (χ2v) is 5.27. The predicted octanol–water partition coefficient (Wildman–Crippen LogP) is 3.49. The van der Waals surface area contributed by atoms with Crippen LogP contribution in [0.25, 0.3) is 0 Å². The molecule has 0 spiro atoms. The third-order valence-electron chi connectivity index (χ3n) is 3.67. The van der Waals surface area contributed by atoms with Gasteiger partial charge in [0.25, 0.3) is 0 Å². The van der Waals surface area contributed by atoms with Crippen molar-refractivity contribution in [3.63, 3.8) is 0 Å². The molecule has 2 rings (SSSR count). The Morgan fingerprint density at radius 1 is 1.24 bits per heavy atom. The van der Waals surface area contributed by atoms with Crippen LogP contribution in [-0.4, -0.2) is 17.6 Å². The lowest BCUT2D eigenvalue weighted by molar-refractivity contribution is -0.0478. The van der Waals surface area contributed by atoms with Gasteiger partial charge in [0.1, 0.15) is 12.1 Å². The molecule has 0 bridgehead atoms. The van der Waals surface area contributed by atoms with Crippen LogP contribution in [0.3, 0.4) is 0 Å². The van der Waals surface area contributed by atoms with Crippen LogP contribution >= 0.6 is 0 Å². The molecule has 1 saturated carbocycles. The number of halogens is 2. The lowest BCUT2D eigenvalue weighted by Crippen LogP contribution is -2.51. The SMILES string of the molecule is C#CC1(NC(=O)OCc2ccccc2)CCC(F)(F)CC1. The maximum Gasteiger partial charge on any atom is 0.408 e. The van der Waals surface area contributed by atoms with E-state index in [0.717, 1.165) is 5.56 Å². The highest BCUT2D eigenvalue weighted by Gasteiger charge is 2.43. The minimum absolute atomic E-state index is 0.0525. The number of carbonyl (C=O) groups is 1. The van der Waals surface area contributed by atoms with Crippen LogP contribution in [-0.2, 0) is 11.3 Å². The molecule has 0 heterocycles. The summed E-state index contributed by atoms with van der Waals surface area (Å²) < 4.78 is 31.4. The average molecular weight is 293 g/mol. The monoisotopic (exact) mass is 293 g/mol. The number of hydrogen-bond donors (Lipinski definition) is 1. The molecule has 1 amide bonds. The molecule has 3 nitrogen and oxygen atoms in total. The van der Waals surface area contributed by atoms with Gasteiger partial charge in [-0.3, -0.25) is 0 Å². The van der Waals surface area contributed by atoms with E-state index in [-0.39, 0.29) is 32.3 Å². The zero-order chi connectivity index (χ0) is 15.3. The molecule has 0 saturated heterocycles. The summed E-state index contributed by atoms with van der Waals surface area (Å²) in [4.78, 5) is 11.8. The van der Waals surface area contributed by atoms with Crippen molar-refractivity contribution >= 4 is 6.09 Å². The van der Waals surface area contributed by atoms with Crippen LogP contribution in [0.1, 0.15) is 31.2 Å². The van der Waals surface area contributed by atoms with Crippen molar-refractivity contribution in [1.82, 2.24) is 5.32 Å². The summed E-state index contributed by atoms with van der Waals surface area (Å²) in [6.45, 7) is 0.115. The molecule has 1 aliphatic carbocycles. The van der Waals surface area contributed by atoms with E-state index in [4.69, 9.17) is 11.2 Å². The first-order valence-electron chi connectivity index (χ1n) is 6.79. The van der Waals surface area contributed by atoms with E-state index in [1.54, 1.807) is 0 Å². The first-order valence-corrected chi connectivity index (χ1v) is 6.79. The van der Waals surface area contributed by atoms with E-state index < -0.39 is 17.6 Å². The molecule has 0 unspecified atom stereocenters. The predicted molar refractivity (Wildman–Crippen MR) is 74.7 cm³/mol. The Bertz CT molecular complexity index is 527. The summed E-state index contributed by atoms with van der Waals surface area (Å²) in [5, 5.41) is 2.56. The fraction of sp³-hybridized carbons (Fsp3) is 0.438. The third-order valence-corrected chi connectivity index (χ3v) is 3.67. The lowest BCUT2D eigenvalue weighted by atomic mass is 9.80. The van der Waals surface area contributed by atoms with Gasteiger partial charge in [0.05, 0.1) is 0 Å². The van der Waals surface area contributed by atoms with Gasteiger partial charge >= 0.3 is 6.09 Å². The Hall–Kier alpha value is -2.09. The molecule has 1 N–H and O–H groups in total. The second kappa shape index (κ2) is 6.13. The molecule has 112 valence electrons. The summed E-state index contributed by atoms with van der Waals surface area (Å²) in [5.41, 5.74) is -0.187. The molecular weight excluding hydrogens is 276 g/mol. The van der Waals surface area contributed by atoms with Crippen molar-refractivity contribution in [2.45, 2.75) is 43.8 Å². The van der Waals surface area contributed by atoms with Crippen molar-refractivity contribution in [2.24, 2.45) is 0 Å². The van der Waals surface area contributed by atoms with Gasteiger partial charge in [-0.1, -0.05) is 36.3 Å². The van der Waals surface area contributed by atoms with Crippen LogP contribution in [0.15, 0.2) is 30.3 Å². The Balaban J connectivity index is 1.88. The van der Waals surface area contributed by atoms with Gasteiger partial charge in [-0.15, -0.1) is 6.42 Å². The van der Waals surface area contributed by atoms with E-state index in [0.29, 0.717) is 0 Å². The van der Waals surface area contributed by atoms with E-state index >= 15 is 0 Å². The highest BCUT2D eigenvalue weighted by molar-refractivity contribution is 5.69. The molecule has 21 heavy (non-hydrogen) atoms. The van der Waals surface area contributed by atoms with Crippen LogP contribution in [0.5, 0.6) is 0 Å². The third kappa shape index (κ3) is 4.19. The van der Waals surface area contributed by atoms with Crippen LogP contribution in [0.4, 0.5) is 13.6 Å². The van der Waals surface area contributed by atoms with Crippen molar-refractivity contribution in [1.29, 1.82) is 0 Å². The highest BCUT2D eigenvalue weighted by Crippen LogP contribution is 2.38. The quantitative estimate of drug-likeness (QED) is 0.866. The smallest absolute Gasteiger partial charge is 0.408 e. The normalized spacial score (nSPS) is 19.3. The average Bonchev–Trinajstić information content (AvgIpc) is 2.49. The largest absolute Gasteiger partial charge is 0.445 e. The number of alkyl halides is 2. The zero-order valence-corrected chi connectivity index (χ0v) is 11.6. The number of ether oxygens (including phenoxy) is 1. The molecule has 0 radical (unpaired) electrons. The summed E-state index contributed by atoms with van der Waals surface area (Å²) in [6, 6.07) is 9.18. The molecule has 1 aliphatic rings. The minimum atomic E-state index is -2.70. The number of terminal acetylenes is 1. The van der Waals surface area contributed by atoms with Gasteiger partial charge in [-0.05, 0) is 18.4 Å². The number of hydrogen-bond acceptors (Lipinski definition) is 2. The Labute approximate surface area is 122 Å². The molecule has 1 aromatic rings. The molecule has 0 aromatic heterocycles. The van der Waals surface area contributed by atoms with Crippen molar-refractivity contribution in [3.05, 3.63) is 35.9 Å². The van der Waals surface area contributed by atoms with E-state index in [1.807, 2.05) is 30.3 Å². The number of alkyl carbamates (subject to hydrolysis) is 1. The van der Waals surface area contributed by atoms with Crippen LogP contribution < -0.4 is 5.32 Å². The van der Waals surface area contributed by atoms with Crippen molar-refractivity contribution in [2.75, 3.05) is 0 Å². The zero-order valence-electron chi connectivity index (χ0n) is 11.6. The number of nitrogens with one attached hydrogen (secondary N) is 1. The van der Waals surface area contributed by atoms with Gasteiger partial charge in [0.2, 0.25) is 5.92 Å². The van der Waals surface area contributed by atoms with Crippen molar-refractivity contribution in [3.8, 4) is 12.3 Å². The lowest BCUT2D eigenvalue weighted by Gasteiger charge is -2.36. The van der Waals surface area contributed by atoms with E-state index in [1.165, 1.54) is 0 Å². The van der Waals surface area contributed by atoms with Gasteiger partial charge in [0, 0.05) is 12.8 Å². The summed E-state index contributed by atoms with van der Waals surface area (Å²) in [6.07, 6.45) is 4.20. The maximum absolute atomic E-state index is 13.2. The molecular formula is C16H17F2NO2. The molecule has 1 fully saturated rings. The number of rotatable bonds is 3. The number of benzene rings is 1. The second-order valence-electron chi connectivity index (χ2n) is 5.27. The molecule has 0 atom stereocenters. The maximum atomic E-state index is 13.2. The fourth-order valence-electron chi connectivity index (χ4n) is 2.30. The standard InChI is InChI=1S/C16H17F2NO2/c1-2-15(8-10-16(17,18)11-9-15)19-14(20)21-12-13-6-4-3-5-7-13/h1,3-7H,8-12H2,(H,19,20). The van der Waals surface area contributed by atoms with Gasteiger partial charge in [-0.2, -0.15) is 0 Å². The molecule has 0 aliphatic heterocycles. The molecule has 5 heteroatoms. The topological polar surface area (TPSA) is 38.3 Å². The Morgan fingerprint density at radius 2 is 1.86 bits per heavy atom. The van der Waals surface area contributed by atoms with Crippen LogP contribution in [0.2, 0.25) is 0 Å². The number of amides is 1. The van der Waals surface area contributed by atoms with Gasteiger partial charge < -0.3 is 10.1 Å². The van der Waals surface area contributed by atoms with Crippen molar-refractivity contribution < 1.29 is 18.3 Å². The van der Waals surface area contributed by atoms with Gasteiger partial charge in [0.15, 0.2) is 0 Å². The summed E-state index contributed by atoms with van der Waals surface area (Å²) >= 11 is 0. The van der Waals surface area contributed by atoms with E-state index in [2.05, 4.69) is 11.2 Å². The summed E-state index contributed by atoms with van der Waals surface area (Å²) in [5.74, 6) is -0.259. The fourth-order valence-corrected chi connectivity index (χ4v) is 2.30. The Morgan fingerprint density at radius 3 is 2.43 bits per heavy atom. The first-order chi connectivity index (χ1) is 9.95.